The number of H-pyrrole nitrogens is 1. The molecule has 1 aliphatic carbocycles. The summed E-state index contributed by atoms with van der Waals surface area (Å²) in [6, 6.07) is 4.53. The van der Waals surface area contributed by atoms with Gasteiger partial charge in [-0.25, -0.2) is 4.98 Å². The van der Waals surface area contributed by atoms with Crippen molar-refractivity contribution in [2.75, 3.05) is 0 Å². The maximum Gasteiger partial charge on any atom is 0.391 e. The van der Waals surface area contributed by atoms with E-state index >= 15 is 0 Å². The lowest BCUT2D eigenvalue weighted by Gasteiger charge is -2.29. The van der Waals surface area contributed by atoms with E-state index < -0.39 is 30.9 Å². The highest BCUT2D eigenvalue weighted by Crippen LogP contribution is 2.38. The lowest BCUT2D eigenvalue weighted by Crippen LogP contribution is -2.32. The van der Waals surface area contributed by atoms with Crippen LogP contribution in [0.2, 0.25) is 0 Å². The van der Waals surface area contributed by atoms with E-state index in [9.17, 15) is 18.0 Å². The third-order valence-electron chi connectivity index (χ3n) is 5.53. The van der Waals surface area contributed by atoms with Crippen molar-refractivity contribution < 1.29 is 22.0 Å². The summed E-state index contributed by atoms with van der Waals surface area (Å²) in [6.07, 6.45) is -2.84. The summed E-state index contributed by atoms with van der Waals surface area (Å²) in [5.74, 6) is -1.81. The highest BCUT2D eigenvalue weighted by Gasteiger charge is 2.41. The van der Waals surface area contributed by atoms with Gasteiger partial charge in [0.05, 0.1) is 22.6 Å². The van der Waals surface area contributed by atoms with Crippen LogP contribution in [0.5, 0.6) is 5.88 Å². The minimum absolute atomic E-state index is 0.0164. The molecule has 0 spiro atoms. The van der Waals surface area contributed by atoms with Crippen LogP contribution in [0.15, 0.2) is 29.2 Å². The Balaban J connectivity index is 1.71. The summed E-state index contributed by atoms with van der Waals surface area (Å²) in [4.78, 5) is 23.6. The van der Waals surface area contributed by atoms with Crippen molar-refractivity contribution in [3.8, 4) is 17.1 Å². The number of pyridine rings is 1. The van der Waals surface area contributed by atoms with Crippen molar-refractivity contribution in [2.45, 2.75) is 58.3 Å². The number of hydrogen-bond donors (Lipinski definition) is 1. The second-order valence-corrected chi connectivity index (χ2v) is 7.43. The second-order valence-electron chi connectivity index (χ2n) is 7.43. The predicted octanol–water partition coefficient (Wildman–Crippen LogP) is 4.61. The van der Waals surface area contributed by atoms with Gasteiger partial charge in [0.2, 0.25) is 5.88 Å². The fourth-order valence-corrected chi connectivity index (χ4v) is 4.02. The maximum absolute atomic E-state index is 13.0. The third-order valence-corrected chi connectivity index (χ3v) is 5.53. The van der Waals surface area contributed by atoms with Crippen molar-refractivity contribution >= 4 is 11.0 Å². The molecule has 4 rings (SSSR count). The van der Waals surface area contributed by atoms with Crippen LogP contribution in [0.3, 0.4) is 0 Å². The molecular weight excluding hydrogens is 397 g/mol. The zero-order chi connectivity index (χ0) is 24.0. The molecule has 30 heavy (non-hydrogen) atoms. The highest BCUT2D eigenvalue weighted by molar-refractivity contribution is 5.91. The molecule has 0 bridgehead atoms. The summed E-state index contributed by atoms with van der Waals surface area (Å²) < 4.78 is 69.5. The van der Waals surface area contributed by atoms with Gasteiger partial charge in [0.25, 0.3) is 5.56 Å². The molecule has 3 aromatic rings. The predicted molar refractivity (Wildman–Crippen MR) is 106 cm³/mol. The number of hydrogen-bond acceptors (Lipinski definition) is 4. The van der Waals surface area contributed by atoms with Gasteiger partial charge in [-0.3, -0.25) is 4.79 Å². The van der Waals surface area contributed by atoms with E-state index in [2.05, 4.69) is 15.0 Å². The van der Waals surface area contributed by atoms with Crippen molar-refractivity contribution in [1.82, 2.24) is 19.5 Å². The van der Waals surface area contributed by atoms with E-state index in [0.29, 0.717) is 23.1 Å². The van der Waals surface area contributed by atoms with Crippen LogP contribution < -0.4 is 10.3 Å². The lowest BCUT2D eigenvalue weighted by atomic mass is 9.87. The molecule has 6 nitrogen and oxygen atoms in total. The number of nitrogens with one attached hydrogen (secondary N) is 1. The standard InChI is InChI=1S/C21H23F3N4O2/c1-3-28-19(29)9-8-16-20(28)15(11-25-16)17-10-18(27-12(2)26-17)30-14-6-4-13(5-7-14)21(22,23)24/h8-11,13-14,25H,3-7H2,1-2H3/i2D3. The molecule has 0 radical (unpaired) electrons. The van der Waals surface area contributed by atoms with E-state index in [4.69, 9.17) is 8.85 Å². The van der Waals surface area contributed by atoms with Crippen molar-refractivity contribution in [3.05, 3.63) is 40.6 Å². The number of aromatic nitrogens is 4. The van der Waals surface area contributed by atoms with Gasteiger partial charge >= 0.3 is 6.18 Å². The molecule has 1 fully saturated rings. The number of fused-ring (bicyclic) bond motifs is 1. The molecule has 1 saturated carbocycles. The number of aromatic amines is 1. The van der Waals surface area contributed by atoms with Crippen LogP contribution in [0, 0.1) is 12.8 Å². The Morgan fingerprint density at radius 3 is 2.70 bits per heavy atom. The molecule has 0 unspecified atom stereocenters. The number of nitrogens with zero attached hydrogens (tertiary/aromatic N) is 3. The Morgan fingerprint density at radius 2 is 2.03 bits per heavy atom. The third kappa shape index (κ3) is 3.93. The minimum Gasteiger partial charge on any atom is -0.474 e. The van der Waals surface area contributed by atoms with E-state index in [0.717, 1.165) is 0 Å². The molecule has 1 aliphatic rings. The highest BCUT2D eigenvalue weighted by atomic mass is 19.4. The largest absolute Gasteiger partial charge is 0.474 e. The first-order valence-corrected chi connectivity index (χ1v) is 9.81. The second kappa shape index (κ2) is 7.77. The first-order valence-electron chi connectivity index (χ1n) is 11.3. The summed E-state index contributed by atoms with van der Waals surface area (Å²) in [7, 11) is 0. The van der Waals surface area contributed by atoms with Gasteiger partial charge in [0.1, 0.15) is 11.9 Å². The van der Waals surface area contributed by atoms with E-state index in [-0.39, 0.29) is 42.8 Å². The maximum atomic E-state index is 13.0. The molecule has 0 atom stereocenters. The molecule has 9 heteroatoms. The molecule has 0 aromatic carbocycles. The zero-order valence-corrected chi connectivity index (χ0v) is 16.3. The van der Waals surface area contributed by atoms with E-state index in [1.165, 1.54) is 16.7 Å². The quantitative estimate of drug-likeness (QED) is 0.665. The number of aryl methyl sites for hydroxylation is 2. The van der Waals surface area contributed by atoms with Gasteiger partial charge in [-0.15, -0.1) is 0 Å². The Morgan fingerprint density at radius 1 is 1.27 bits per heavy atom. The van der Waals surface area contributed by atoms with Gasteiger partial charge in [-0.2, -0.15) is 18.2 Å². The van der Waals surface area contributed by atoms with Crippen LogP contribution in [-0.4, -0.2) is 31.8 Å². The summed E-state index contributed by atoms with van der Waals surface area (Å²) in [5.41, 5.74) is 1.77. The fourth-order valence-electron chi connectivity index (χ4n) is 4.02. The topological polar surface area (TPSA) is 72.8 Å². The van der Waals surface area contributed by atoms with E-state index in [1.807, 2.05) is 6.92 Å². The van der Waals surface area contributed by atoms with Gasteiger partial charge in [-0.05, 0) is 45.5 Å². The average Bonchev–Trinajstić information content (AvgIpc) is 3.17. The number of halogens is 3. The Hall–Kier alpha value is -2.84. The minimum atomic E-state index is -4.23. The van der Waals surface area contributed by atoms with Crippen LogP contribution in [-0.2, 0) is 6.54 Å². The van der Waals surface area contributed by atoms with Gasteiger partial charge < -0.3 is 14.3 Å². The Kier molecular flexibility index (Phi) is 4.38. The zero-order valence-electron chi connectivity index (χ0n) is 19.3. The monoisotopic (exact) mass is 423 g/mol. The first-order chi connectivity index (χ1) is 15.5. The number of ether oxygens (including phenoxy) is 1. The van der Waals surface area contributed by atoms with Crippen molar-refractivity contribution in [3.63, 3.8) is 0 Å². The van der Waals surface area contributed by atoms with Crippen molar-refractivity contribution in [1.29, 1.82) is 0 Å². The Bertz CT molecular complexity index is 1210. The molecule has 3 heterocycles. The van der Waals surface area contributed by atoms with Gasteiger partial charge in [0.15, 0.2) is 0 Å². The molecule has 3 aromatic heterocycles. The Labute approximate surface area is 175 Å². The molecule has 0 aliphatic heterocycles. The summed E-state index contributed by atoms with van der Waals surface area (Å²) >= 11 is 0. The van der Waals surface area contributed by atoms with E-state index in [1.54, 1.807) is 12.3 Å². The molecule has 160 valence electrons. The molecule has 0 saturated heterocycles. The first kappa shape index (κ1) is 16.9. The molecule has 0 amide bonds. The van der Waals surface area contributed by atoms with Gasteiger partial charge in [0, 0.05) is 34.6 Å². The average molecular weight is 423 g/mol. The van der Waals surface area contributed by atoms with Crippen LogP contribution in [0.4, 0.5) is 13.2 Å². The van der Waals surface area contributed by atoms with Crippen LogP contribution in [0.1, 0.15) is 42.5 Å². The SMILES string of the molecule is [2H]C([2H])([2H])c1nc(OC2CCC(C(F)(F)F)CC2)cc(-c2c[nH]c3ccc(=O)n(CC)c23)n1. The van der Waals surface area contributed by atoms with Crippen LogP contribution >= 0.6 is 0 Å². The fraction of sp³-hybridized carbons (Fsp3) is 0.476. The molecular formula is C21H23F3N4O2. The lowest BCUT2D eigenvalue weighted by molar-refractivity contribution is -0.185. The number of alkyl halides is 3. The summed E-state index contributed by atoms with van der Waals surface area (Å²) in [6.45, 7) is -0.417. The smallest absolute Gasteiger partial charge is 0.391 e. The van der Waals surface area contributed by atoms with Crippen LogP contribution in [0.25, 0.3) is 22.3 Å². The van der Waals surface area contributed by atoms with Gasteiger partial charge in [-0.1, -0.05) is 0 Å². The van der Waals surface area contributed by atoms with Crippen molar-refractivity contribution in [2.24, 2.45) is 5.92 Å². The normalized spacial score (nSPS) is 21.8. The summed E-state index contributed by atoms with van der Waals surface area (Å²) in [5, 5.41) is 0. The molecule has 1 N–H and O–H groups in total. The number of rotatable bonds is 4.